The zero-order valence-corrected chi connectivity index (χ0v) is 8.34. The Morgan fingerprint density at radius 1 is 1.29 bits per heavy atom. The zero-order valence-electron chi connectivity index (χ0n) is 7.52. The molecular formula is C8H12F4OS. The molecule has 0 aromatic heterocycles. The van der Waals surface area contributed by atoms with Crippen LogP contribution < -0.4 is 0 Å². The maximum atomic E-state index is 12.8. The second kappa shape index (κ2) is 4.59. The summed E-state index contributed by atoms with van der Waals surface area (Å²) >= 11 is 0. The van der Waals surface area contributed by atoms with Crippen molar-refractivity contribution in [3.63, 3.8) is 0 Å². The first-order valence-electron chi connectivity index (χ1n) is 4.46. The molecule has 0 N–H and O–H groups in total. The van der Waals surface area contributed by atoms with Gasteiger partial charge in [-0.05, 0) is 25.7 Å². The van der Waals surface area contributed by atoms with Gasteiger partial charge in [0.05, 0.1) is 0 Å². The molecule has 0 aliphatic heterocycles. The minimum atomic E-state index is -4.41. The molecule has 1 nitrogen and oxygen atoms in total. The zero-order chi connectivity index (χ0) is 10.8. The lowest BCUT2D eigenvalue weighted by atomic mass is 9.98. The SMILES string of the molecule is O=S(CC(F)(F)F)C1CCCC(F)C1. The monoisotopic (exact) mass is 232 g/mol. The molecule has 3 atom stereocenters. The first-order chi connectivity index (χ1) is 6.38. The van der Waals surface area contributed by atoms with E-state index >= 15 is 0 Å². The summed E-state index contributed by atoms with van der Waals surface area (Å²) in [4.78, 5) is 0. The Balaban J connectivity index is 2.44. The van der Waals surface area contributed by atoms with Crippen molar-refractivity contribution < 1.29 is 21.8 Å². The maximum absolute atomic E-state index is 12.8. The van der Waals surface area contributed by atoms with Gasteiger partial charge in [-0.25, -0.2) is 4.39 Å². The van der Waals surface area contributed by atoms with Gasteiger partial charge in [-0.1, -0.05) is 0 Å². The molecule has 1 saturated carbocycles. The van der Waals surface area contributed by atoms with Gasteiger partial charge in [-0.3, -0.25) is 4.21 Å². The van der Waals surface area contributed by atoms with Gasteiger partial charge in [-0.2, -0.15) is 13.2 Å². The quantitative estimate of drug-likeness (QED) is 0.669. The third-order valence-corrected chi connectivity index (χ3v) is 4.02. The summed E-state index contributed by atoms with van der Waals surface area (Å²) in [6, 6.07) is 0. The number of alkyl halides is 4. The molecule has 0 radical (unpaired) electrons. The van der Waals surface area contributed by atoms with Gasteiger partial charge in [0.15, 0.2) is 0 Å². The molecule has 1 rings (SSSR count). The molecule has 3 unspecified atom stereocenters. The van der Waals surface area contributed by atoms with Crippen molar-refractivity contribution >= 4 is 10.8 Å². The standard InChI is InChI=1S/C8H12F4OS/c9-6-2-1-3-7(4-6)14(13)5-8(10,11)12/h6-7H,1-5H2. The van der Waals surface area contributed by atoms with Crippen LogP contribution in [0.3, 0.4) is 0 Å². The normalized spacial score (nSPS) is 31.4. The van der Waals surface area contributed by atoms with Crippen LogP contribution in [0.25, 0.3) is 0 Å². The van der Waals surface area contributed by atoms with Crippen molar-refractivity contribution in [2.24, 2.45) is 0 Å². The van der Waals surface area contributed by atoms with E-state index in [1.165, 1.54) is 0 Å². The van der Waals surface area contributed by atoms with Gasteiger partial charge in [0.1, 0.15) is 11.9 Å². The van der Waals surface area contributed by atoms with Crippen LogP contribution in [0.4, 0.5) is 17.6 Å². The van der Waals surface area contributed by atoms with Gasteiger partial charge in [0.25, 0.3) is 0 Å². The highest BCUT2D eigenvalue weighted by molar-refractivity contribution is 7.85. The number of hydrogen-bond acceptors (Lipinski definition) is 1. The molecule has 0 saturated heterocycles. The van der Waals surface area contributed by atoms with Crippen LogP contribution in [0.15, 0.2) is 0 Å². The summed E-state index contributed by atoms with van der Waals surface area (Å²) in [6.45, 7) is 0. The first kappa shape index (κ1) is 11.9. The summed E-state index contributed by atoms with van der Waals surface area (Å²) in [5.41, 5.74) is 0. The van der Waals surface area contributed by atoms with Gasteiger partial charge in [-0.15, -0.1) is 0 Å². The lowest BCUT2D eigenvalue weighted by Crippen LogP contribution is -2.31. The second-order valence-corrected chi connectivity index (χ2v) is 5.24. The lowest BCUT2D eigenvalue weighted by molar-refractivity contribution is -0.106. The average molecular weight is 232 g/mol. The van der Waals surface area contributed by atoms with E-state index in [1.807, 2.05) is 0 Å². The van der Waals surface area contributed by atoms with Crippen molar-refractivity contribution in [2.75, 3.05) is 5.75 Å². The summed E-state index contributed by atoms with van der Waals surface area (Å²) in [6.07, 6.45) is -4.10. The third-order valence-electron chi connectivity index (χ3n) is 2.24. The van der Waals surface area contributed by atoms with Crippen molar-refractivity contribution in [2.45, 2.75) is 43.3 Å². The molecule has 6 heteroatoms. The molecule has 0 amide bonds. The summed E-state index contributed by atoms with van der Waals surface area (Å²) in [7, 11) is -1.96. The molecule has 0 spiro atoms. The van der Waals surface area contributed by atoms with E-state index in [0.717, 1.165) is 0 Å². The highest BCUT2D eigenvalue weighted by atomic mass is 32.2. The van der Waals surface area contributed by atoms with E-state index in [9.17, 15) is 21.8 Å². The van der Waals surface area contributed by atoms with E-state index in [2.05, 4.69) is 0 Å². The Kier molecular flexibility index (Phi) is 3.92. The molecule has 1 aliphatic carbocycles. The molecule has 0 bridgehead atoms. The van der Waals surface area contributed by atoms with E-state index < -0.39 is 34.2 Å². The lowest BCUT2D eigenvalue weighted by Gasteiger charge is -2.24. The predicted octanol–water partition coefficient (Wildman–Crippen LogP) is 2.58. The minimum absolute atomic E-state index is 0.0166. The maximum Gasteiger partial charge on any atom is 0.400 e. The Bertz CT molecular complexity index is 216. The molecule has 0 aromatic carbocycles. The minimum Gasteiger partial charge on any atom is -0.259 e. The van der Waals surface area contributed by atoms with Crippen LogP contribution in [-0.4, -0.2) is 27.6 Å². The fraction of sp³-hybridized carbons (Fsp3) is 1.00. The van der Waals surface area contributed by atoms with Crippen LogP contribution in [0.5, 0.6) is 0 Å². The Morgan fingerprint density at radius 3 is 2.43 bits per heavy atom. The van der Waals surface area contributed by atoms with Crippen molar-refractivity contribution in [3.05, 3.63) is 0 Å². The highest BCUT2D eigenvalue weighted by Crippen LogP contribution is 2.27. The Hall–Kier alpha value is -0.130. The van der Waals surface area contributed by atoms with Gasteiger partial charge in [0.2, 0.25) is 0 Å². The van der Waals surface area contributed by atoms with Gasteiger partial charge >= 0.3 is 6.18 Å². The largest absolute Gasteiger partial charge is 0.400 e. The fourth-order valence-electron chi connectivity index (χ4n) is 1.61. The molecule has 0 heterocycles. The topological polar surface area (TPSA) is 17.1 Å². The van der Waals surface area contributed by atoms with Crippen LogP contribution in [0.2, 0.25) is 0 Å². The average Bonchev–Trinajstić information content (AvgIpc) is 2.01. The van der Waals surface area contributed by atoms with E-state index in [0.29, 0.717) is 19.3 Å². The molecule has 1 fully saturated rings. The molecule has 0 aromatic rings. The van der Waals surface area contributed by atoms with Crippen molar-refractivity contribution in [1.82, 2.24) is 0 Å². The summed E-state index contributed by atoms with van der Waals surface area (Å²) < 4.78 is 59.6. The highest BCUT2D eigenvalue weighted by Gasteiger charge is 2.35. The van der Waals surface area contributed by atoms with E-state index in [1.54, 1.807) is 0 Å². The number of hydrogen-bond donors (Lipinski definition) is 0. The number of rotatable bonds is 2. The fourth-order valence-corrected chi connectivity index (χ4v) is 3.02. The van der Waals surface area contributed by atoms with E-state index in [4.69, 9.17) is 0 Å². The van der Waals surface area contributed by atoms with Crippen LogP contribution in [-0.2, 0) is 10.8 Å². The molecule has 14 heavy (non-hydrogen) atoms. The summed E-state index contributed by atoms with van der Waals surface area (Å²) in [5.74, 6) is -1.30. The van der Waals surface area contributed by atoms with Crippen LogP contribution in [0, 0.1) is 0 Å². The first-order valence-corrected chi connectivity index (χ1v) is 5.84. The van der Waals surface area contributed by atoms with Crippen LogP contribution in [0.1, 0.15) is 25.7 Å². The molecule has 1 aliphatic rings. The summed E-state index contributed by atoms with van der Waals surface area (Å²) in [5, 5.41) is -0.611. The molecule has 84 valence electrons. The predicted molar refractivity (Wildman–Crippen MR) is 46.2 cm³/mol. The van der Waals surface area contributed by atoms with Crippen molar-refractivity contribution in [1.29, 1.82) is 0 Å². The third kappa shape index (κ3) is 3.94. The smallest absolute Gasteiger partial charge is 0.259 e. The second-order valence-electron chi connectivity index (χ2n) is 3.53. The number of halogens is 4. The van der Waals surface area contributed by atoms with Crippen molar-refractivity contribution in [3.8, 4) is 0 Å². The Morgan fingerprint density at radius 2 is 1.93 bits per heavy atom. The van der Waals surface area contributed by atoms with Gasteiger partial charge in [0, 0.05) is 16.0 Å². The Labute approximate surface area is 82.3 Å². The molecular weight excluding hydrogens is 220 g/mol. The van der Waals surface area contributed by atoms with Gasteiger partial charge < -0.3 is 0 Å². The van der Waals surface area contributed by atoms with Crippen LogP contribution >= 0.6 is 0 Å². The van der Waals surface area contributed by atoms with E-state index in [-0.39, 0.29) is 6.42 Å².